The molecule has 2 heterocycles. The summed E-state index contributed by atoms with van der Waals surface area (Å²) in [7, 11) is -3.38. The fourth-order valence-corrected chi connectivity index (χ4v) is 6.37. The molecule has 2 N–H and O–H groups in total. The Hall–Kier alpha value is 0.0500. The Kier molecular flexibility index (Phi) is 4.72. The predicted octanol–water partition coefficient (Wildman–Crippen LogP) is 2.57. The summed E-state index contributed by atoms with van der Waals surface area (Å²) in [6, 6.07) is 1.73. The number of rotatable bonds is 3. The van der Waals surface area contributed by atoms with Crippen LogP contribution >= 0.6 is 27.3 Å². The highest BCUT2D eigenvalue weighted by Crippen LogP contribution is 2.33. The third kappa shape index (κ3) is 3.21. The van der Waals surface area contributed by atoms with Crippen molar-refractivity contribution in [3.05, 3.63) is 14.7 Å². The van der Waals surface area contributed by atoms with Crippen molar-refractivity contribution in [2.45, 2.75) is 37.6 Å². The molecule has 1 aromatic heterocycles. The van der Waals surface area contributed by atoms with Gasteiger partial charge in [0.1, 0.15) is 0 Å². The monoisotopic (exact) mass is 366 g/mol. The van der Waals surface area contributed by atoms with Gasteiger partial charge in [-0.25, -0.2) is 8.42 Å². The molecular weight excluding hydrogens is 348 g/mol. The molecule has 1 aromatic rings. The molecular formula is C12H19BrN2O2S2. The molecule has 0 amide bonds. The molecule has 0 aromatic carbocycles. The lowest BCUT2D eigenvalue weighted by atomic mass is 9.93. The van der Waals surface area contributed by atoms with E-state index in [-0.39, 0.29) is 12.0 Å². The lowest BCUT2D eigenvalue weighted by Gasteiger charge is -2.33. The van der Waals surface area contributed by atoms with E-state index in [1.807, 2.05) is 13.8 Å². The van der Waals surface area contributed by atoms with Gasteiger partial charge in [-0.1, -0.05) is 0 Å². The number of nitrogens with two attached hydrogens (primary N) is 1. The molecule has 0 saturated carbocycles. The third-order valence-corrected chi connectivity index (χ3v) is 7.30. The van der Waals surface area contributed by atoms with Crippen LogP contribution in [0.4, 0.5) is 0 Å². The first-order valence-electron chi connectivity index (χ1n) is 6.34. The van der Waals surface area contributed by atoms with Crippen molar-refractivity contribution < 1.29 is 8.42 Å². The van der Waals surface area contributed by atoms with Gasteiger partial charge in [0.25, 0.3) is 0 Å². The average molecular weight is 367 g/mol. The summed E-state index contributed by atoms with van der Waals surface area (Å²) in [6.45, 7) is 4.92. The second kappa shape index (κ2) is 5.81. The van der Waals surface area contributed by atoms with Gasteiger partial charge in [-0.3, -0.25) is 0 Å². The Morgan fingerprint density at radius 3 is 2.79 bits per heavy atom. The molecule has 4 nitrogen and oxygen atoms in total. The molecule has 2 rings (SSSR count). The fourth-order valence-electron chi connectivity index (χ4n) is 2.45. The molecule has 7 heteroatoms. The first kappa shape index (κ1) is 15.4. The number of piperidine rings is 1. The van der Waals surface area contributed by atoms with Gasteiger partial charge in [-0.2, -0.15) is 4.31 Å². The van der Waals surface area contributed by atoms with Crippen LogP contribution in [0.25, 0.3) is 0 Å². The predicted molar refractivity (Wildman–Crippen MR) is 81.9 cm³/mol. The maximum atomic E-state index is 12.7. The summed E-state index contributed by atoms with van der Waals surface area (Å²) in [6.07, 6.45) is 1.89. The largest absolute Gasteiger partial charge is 0.328 e. The highest BCUT2D eigenvalue weighted by atomic mass is 79.9. The quantitative estimate of drug-likeness (QED) is 0.893. The summed E-state index contributed by atoms with van der Waals surface area (Å²) in [5, 5.41) is 0. The van der Waals surface area contributed by atoms with E-state index in [4.69, 9.17) is 5.73 Å². The molecule has 108 valence electrons. The van der Waals surface area contributed by atoms with Crippen LogP contribution in [-0.2, 0) is 10.0 Å². The highest BCUT2D eigenvalue weighted by molar-refractivity contribution is 9.11. The maximum Gasteiger partial charge on any atom is 0.244 e. The summed E-state index contributed by atoms with van der Waals surface area (Å²) < 4.78 is 27.8. The van der Waals surface area contributed by atoms with Crippen LogP contribution < -0.4 is 5.73 Å². The van der Waals surface area contributed by atoms with Crippen LogP contribution in [0.15, 0.2) is 14.7 Å². The van der Waals surface area contributed by atoms with Crippen LogP contribution in [0.2, 0.25) is 0 Å². The lowest BCUT2D eigenvalue weighted by molar-refractivity contribution is 0.243. The lowest BCUT2D eigenvalue weighted by Crippen LogP contribution is -2.44. The highest BCUT2D eigenvalue weighted by Gasteiger charge is 2.33. The van der Waals surface area contributed by atoms with Gasteiger partial charge in [0.15, 0.2) is 0 Å². The summed E-state index contributed by atoms with van der Waals surface area (Å²) in [5.41, 5.74) is 5.92. The van der Waals surface area contributed by atoms with E-state index in [9.17, 15) is 8.42 Å². The van der Waals surface area contributed by atoms with Gasteiger partial charge >= 0.3 is 0 Å². The standard InChI is InChI=1S/C12H19BrN2O2S2/c1-8(14)10-4-3-5-15(7-10)19(16,17)11-6-12(13)18-9(11)2/h6,8,10H,3-5,7,14H2,1-2H3/t8-,10+/m0/s1. The minimum absolute atomic E-state index is 0.0355. The SMILES string of the molecule is Cc1sc(Br)cc1S(=O)(=O)N1CCC[C@@H]([C@H](C)N)C1. The van der Waals surface area contributed by atoms with E-state index >= 15 is 0 Å². The minimum atomic E-state index is -3.38. The Morgan fingerprint density at radius 1 is 1.58 bits per heavy atom. The van der Waals surface area contributed by atoms with Gasteiger partial charge in [-0.05, 0) is 54.6 Å². The molecule has 1 aliphatic heterocycles. The third-order valence-electron chi connectivity index (χ3n) is 3.62. The normalized spacial score (nSPS) is 23.5. The summed E-state index contributed by atoms with van der Waals surface area (Å²) >= 11 is 4.80. The van der Waals surface area contributed by atoms with Gasteiger partial charge < -0.3 is 5.73 Å². The van der Waals surface area contributed by atoms with Crippen molar-refractivity contribution in [1.29, 1.82) is 0 Å². The van der Waals surface area contributed by atoms with Crippen molar-refractivity contribution in [3.8, 4) is 0 Å². The molecule has 1 saturated heterocycles. The zero-order valence-corrected chi connectivity index (χ0v) is 14.3. The van der Waals surface area contributed by atoms with Crippen molar-refractivity contribution >= 4 is 37.3 Å². The number of hydrogen-bond acceptors (Lipinski definition) is 4. The van der Waals surface area contributed by atoms with Crippen LogP contribution in [0.5, 0.6) is 0 Å². The fraction of sp³-hybridized carbons (Fsp3) is 0.667. The molecule has 0 unspecified atom stereocenters. The topological polar surface area (TPSA) is 63.4 Å². The summed E-state index contributed by atoms with van der Waals surface area (Å²) in [4.78, 5) is 1.25. The number of thiophene rings is 1. The van der Waals surface area contributed by atoms with E-state index in [0.717, 1.165) is 21.5 Å². The average Bonchev–Trinajstić information content (AvgIpc) is 2.69. The molecule has 0 radical (unpaired) electrons. The van der Waals surface area contributed by atoms with E-state index in [1.54, 1.807) is 10.4 Å². The van der Waals surface area contributed by atoms with Crippen LogP contribution in [0, 0.1) is 12.8 Å². The van der Waals surface area contributed by atoms with E-state index in [2.05, 4.69) is 15.9 Å². The zero-order chi connectivity index (χ0) is 14.2. The smallest absolute Gasteiger partial charge is 0.244 e. The van der Waals surface area contributed by atoms with Gasteiger partial charge in [0.2, 0.25) is 10.0 Å². The second-order valence-electron chi connectivity index (χ2n) is 5.10. The zero-order valence-electron chi connectivity index (χ0n) is 11.1. The van der Waals surface area contributed by atoms with E-state index in [1.165, 1.54) is 11.3 Å². The summed E-state index contributed by atoms with van der Waals surface area (Å²) in [5.74, 6) is 0.255. The Labute approximate surface area is 127 Å². The van der Waals surface area contributed by atoms with Crippen molar-refractivity contribution in [2.24, 2.45) is 11.7 Å². The van der Waals surface area contributed by atoms with Crippen LogP contribution in [0.3, 0.4) is 0 Å². The van der Waals surface area contributed by atoms with E-state index < -0.39 is 10.0 Å². The van der Waals surface area contributed by atoms with Crippen LogP contribution in [-0.4, -0.2) is 31.9 Å². The number of halogens is 1. The Morgan fingerprint density at radius 2 is 2.26 bits per heavy atom. The number of hydrogen-bond donors (Lipinski definition) is 1. The van der Waals surface area contributed by atoms with Gasteiger partial charge in [0, 0.05) is 24.0 Å². The van der Waals surface area contributed by atoms with Crippen molar-refractivity contribution in [1.82, 2.24) is 4.31 Å². The number of aryl methyl sites for hydroxylation is 1. The number of sulfonamides is 1. The minimum Gasteiger partial charge on any atom is -0.328 e. The number of nitrogens with zero attached hydrogens (tertiary/aromatic N) is 1. The Bertz CT molecular complexity index is 554. The van der Waals surface area contributed by atoms with Gasteiger partial charge in [0.05, 0.1) is 8.68 Å². The molecule has 1 fully saturated rings. The second-order valence-corrected chi connectivity index (χ2v) is 9.64. The van der Waals surface area contributed by atoms with Crippen molar-refractivity contribution in [3.63, 3.8) is 0 Å². The molecule has 0 spiro atoms. The molecule has 0 aliphatic carbocycles. The van der Waals surface area contributed by atoms with E-state index in [0.29, 0.717) is 18.0 Å². The van der Waals surface area contributed by atoms with Crippen LogP contribution in [0.1, 0.15) is 24.6 Å². The van der Waals surface area contributed by atoms with Crippen molar-refractivity contribution in [2.75, 3.05) is 13.1 Å². The molecule has 2 atom stereocenters. The Balaban J connectivity index is 2.27. The molecule has 1 aliphatic rings. The maximum absolute atomic E-state index is 12.7. The molecule has 0 bridgehead atoms. The first-order chi connectivity index (χ1) is 8.82. The first-order valence-corrected chi connectivity index (χ1v) is 9.39. The van der Waals surface area contributed by atoms with Gasteiger partial charge in [-0.15, -0.1) is 11.3 Å². The molecule has 19 heavy (non-hydrogen) atoms.